The second-order valence-corrected chi connectivity index (χ2v) is 9.44. The van der Waals surface area contributed by atoms with E-state index in [1.54, 1.807) is 23.1 Å². The molecule has 7 nitrogen and oxygen atoms in total. The molecule has 1 aliphatic rings. The molecule has 1 atom stereocenters. The van der Waals surface area contributed by atoms with Gasteiger partial charge in [-0.25, -0.2) is 4.98 Å². The number of hydrogen-bond acceptors (Lipinski definition) is 5. The predicted octanol–water partition coefficient (Wildman–Crippen LogP) is 5.42. The Hall–Kier alpha value is -3.84. The van der Waals surface area contributed by atoms with Crippen LogP contribution in [0.3, 0.4) is 0 Å². The van der Waals surface area contributed by atoms with Crippen molar-refractivity contribution >= 4 is 11.6 Å². The van der Waals surface area contributed by atoms with Crippen molar-refractivity contribution in [2.45, 2.75) is 58.6 Å². The van der Waals surface area contributed by atoms with Crippen LogP contribution < -0.4 is 9.64 Å². The standard InChI is InChI=1S/C28H30F3N5O2/c1-3-4-6-24-18-36(23-7-5-8-26(13-23)38-28(29,30)31)27(37)19-34(24)17-25-15-33-20(2)35(25)16-22-11-9-21(14-32)10-12-22/h5,7-13,15,24H,3-4,6,16-19H2,1-2H3/t24-/m0/s1. The van der Waals surface area contributed by atoms with E-state index in [-0.39, 0.29) is 24.2 Å². The summed E-state index contributed by atoms with van der Waals surface area (Å²) in [5.41, 5.74) is 2.99. The van der Waals surface area contributed by atoms with Gasteiger partial charge in [0.05, 0.1) is 23.9 Å². The number of rotatable bonds is 9. The lowest BCUT2D eigenvalue weighted by molar-refractivity contribution is -0.274. The lowest BCUT2D eigenvalue weighted by Gasteiger charge is -2.41. The normalized spacial score (nSPS) is 16.5. The second-order valence-electron chi connectivity index (χ2n) is 9.44. The molecule has 1 fully saturated rings. The summed E-state index contributed by atoms with van der Waals surface area (Å²) in [5.74, 6) is 0.315. The number of carbonyl (C=O) groups is 1. The Kier molecular flexibility index (Phi) is 8.37. The summed E-state index contributed by atoms with van der Waals surface area (Å²) in [6, 6.07) is 15.1. The van der Waals surface area contributed by atoms with E-state index < -0.39 is 6.36 Å². The van der Waals surface area contributed by atoms with Crippen LogP contribution in [0.5, 0.6) is 5.75 Å². The Bertz CT molecular complexity index is 1300. The lowest BCUT2D eigenvalue weighted by atomic mass is 10.0. The fourth-order valence-electron chi connectivity index (χ4n) is 4.75. The maximum atomic E-state index is 13.2. The van der Waals surface area contributed by atoms with E-state index in [1.165, 1.54) is 18.2 Å². The molecule has 38 heavy (non-hydrogen) atoms. The Morgan fingerprint density at radius 1 is 1.16 bits per heavy atom. The van der Waals surface area contributed by atoms with E-state index in [1.807, 2.05) is 25.3 Å². The van der Waals surface area contributed by atoms with Crippen molar-refractivity contribution in [3.63, 3.8) is 0 Å². The van der Waals surface area contributed by atoms with Gasteiger partial charge in [0.25, 0.3) is 0 Å². The van der Waals surface area contributed by atoms with Crippen molar-refractivity contribution in [2.24, 2.45) is 0 Å². The molecule has 1 saturated heterocycles. The van der Waals surface area contributed by atoms with Crippen LogP contribution in [0.2, 0.25) is 0 Å². The molecule has 0 N–H and O–H groups in total. The van der Waals surface area contributed by atoms with Gasteiger partial charge in [0.1, 0.15) is 11.6 Å². The average Bonchev–Trinajstić information content (AvgIpc) is 3.21. The second kappa shape index (κ2) is 11.7. The molecule has 10 heteroatoms. The van der Waals surface area contributed by atoms with Crippen LogP contribution in [0, 0.1) is 18.3 Å². The molecular formula is C28H30F3N5O2. The number of halogens is 3. The maximum absolute atomic E-state index is 13.2. The SMILES string of the molecule is CCCC[C@H]1CN(c2cccc(OC(F)(F)F)c2)C(=O)CN1Cc1cnc(C)n1Cc1ccc(C#N)cc1. The van der Waals surface area contributed by atoms with Gasteiger partial charge in [-0.05, 0) is 43.2 Å². The summed E-state index contributed by atoms with van der Waals surface area (Å²) < 4.78 is 44.4. The van der Waals surface area contributed by atoms with Crippen LogP contribution in [0.4, 0.5) is 18.9 Å². The molecule has 0 bridgehead atoms. The van der Waals surface area contributed by atoms with Crippen molar-refractivity contribution in [1.29, 1.82) is 5.26 Å². The number of imidazole rings is 1. The number of anilines is 1. The summed E-state index contributed by atoms with van der Waals surface area (Å²) >= 11 is 0. The third-order valence-electron chi connectivity index (χ3n) is 6.73. The van der Waals surface area contributed by atoms with Crippen molar-refractivity contribution in [2.75, 3.05) is 18.0 Å². The first-order valence-electron chi connectivity index (χ1n) is 12.6. The summed E-state index contributed by atoms with van der Waals surface area (Å²) in [4.78, 5) is 21.4. The molecule has 0 aliphatic carbocycles. The molecule has 3 aromatic rings. The van der Waals surface area contributed by atoms with Gasteiger partial charge in [-0.2, -0.15) is 5.26 Å². The molecular weight excluding hydrogens is 495 g/mol. The third-order valence-corrected chi connectivity index (χ3v) is 6.73. The van der Waals surface area contributed by atoms with E-state index in [2.05, 4.69) is 32.2 Å². The average molecular weight is 526 g/mol. The Balaban J connectivity index is 1.53. The fourth-order valence-corrected chi connectivity index (χ4v) is 4.75. The molecule has 2 aromatic carbocycles. The number of ether oxygens (including phenoxy) is 1. The molecule has 1 aliphatic heterocycles. The minimum Gasteiger partial charge on any atom is -0.406 e. The number of aryl methyl sites for hydroxylation is 1. The molecule has 200 valence electrons. The number of nitriles is 1. The van der Waals surface area contributed by atoms with Gasteiger partial charge in [-0.1, -0.05) is 38.0 Å². The zero-order valence-electron chi connectivity index (χ0n) is 21.4. The highest BCUT2D eigenvalue weighted by atomic mass is 19.4. The molecule has 0 saturated carbocycles. The first-order valence-corrected chi connectivity index (χ1v) is 12.6. The van der Waals surface area contributed by atoms with Crippen LogP contribution in [0.1, 0.15) is 48.8 Å². The van der Waals surface area contributed by atoms with Crippen LogP contribution in [0.15, 0.2) is 54.7 Å². The lowest BCUT2D eigenvalue weighted by Crippen LogP contribution is -2.56. The Morgan fingerprint density at radius 3 is 2.61 bits per heavy atom. The van der Waals surface area contributed by atoms with E-state index in [0.717, 1.165) is 36.3 Å². The minimum atomic E-state index is -4.80. The number of amides is 1. The van der Waals surface area contributed by atoms with Crippen molar-refractivity contribution in [3.8, 4) is 11.8 Å². The molecule has 0 unspecified atom stereocenters. The van der Waals surface area contributed by atoms with Crippen LogP contribution in [-0.4, -0.2) is 45.9 Å². The third kappa shape index (κ3) is 6.72. The zero-order valence-corrected chi connectivity index (χ0v) is 21.4. The first-order chi connectivity index (χ1) is 18.2. The molecule has 4 rings (SSSR count). The number of carbonyl (C=O) groups excluding carboxylic acids is 1. The Morgan fingerprint density at radius 2 is 1.92 bits per heavy atom. The van der Waals surface area contributed by atoms with Crippen molar-refractivity contribution in [3.05, 3.63) is 77.4 Å². The molecule has 0 spiro atoms. The van der Waals surface area contributed by atoms with Crippen LogP contribution in [0.25, 0.3) is 0 Å². The summed E-state index contributed by atoms with van der Waals surface area (Å²) in [5, 5.41) is 9.06. The number of benzene rings is 2. The number of piperazine rings is 1. The highest BCUT2D eigenvalue weighted by Crippen LogP contribution is 2.30. The largest absolute Gasteiger partial charge is 0.573 e. The maximum Gasteiger partial charge on any atom is 0.573 e. The minimum absolute atomic E-state index is 0.0263. The van der Waals surface area contributed by atoms with Gasteiger partial charge in [0.15, 0.2) is 0 Å². The van der Waals surface area contributed by atoms with Gasteiger partial charge >= 0.3 is 6.36 Å². The molecule has 2 heterocycles. The molecule has 1 aromatic heterocycles. The number of aromatic nitrogens is 2. The van der Waals surface area contributed by atoms with E-state index in [9.17, 15) is 18.0 Å². The zero-order chi connectivity index (χ0) is 27.3. The van der Waals surface area contributed by atoms with Gasteiger partial charge < -0.3 is 14.2 Å². The monoisotopic (exact) mass is 525 g/mol. The van der Waals surface area contributed by atoms with Gasteiger partial charge in [0.2, 0.25) is 5.91 Å². The highest BCUT2D eigenvalue weighted by Gasteiger charge is 2.34. The van der Waals surface area contributed by atoms with Gasteiger partial charge in [-0.15, -0.1) is 13.2 Å². The topological polar surface area (TPSA) is 74.4 Å². The van der Waals surface area contributed by atoms with Crippen molar-refractivity contribution < 1.29 is 22.7 Å². The predicted molar refractivity (Wildman–Crippen MR) is 136 cm³/mol. The molecule has 1 amide bonds. The van der Waals surface area contributed by atoms with Gasteiger partial charge in [-0.3, -0.25) is 9.69 Å². The summed E-state index contributed by atoms with van der Waals surface area (Å²) in [6.07, 6.45) is -0.177. The van der Waals surface area contributed by atoms with Gasteiger partial charge in [0, 0.05) is 43.6 Å². The van der Waals surface area contributed by atoms with Crippen LogP contribution >= 0.6 is 0 Å². The number of nitrogens with zero attached hydrogens (tertiary/aromatic N) is 5. The highest BCUT2D eigenvalue weighted by molar-refractivity contribution is 5.95. The van der Waals surface area contributed by atoms with E-state index >= 15 is 0 Å². The summed E-state index contributed by atoms with van der Waals surface area (Å²) in [7, 11) is 0. The summed E-state index contributed by atoms with van der Waals surface area (Å²) in [6.45, 7) is 5.65. The first kappa shape index (κ1) is 27.2. The quantitative estimate of drug-likeness (QED) is 0.373. The fraction of sp³-hybridized carbons (Fsp3) is 0.393. The number of unbranched alkanes of at least 4 members (excludes halogenated alkanes) is 1. The van der Waals surface area contributed by atoms with Crippen LogP contribution in [-0.2, 0) is 17.9 Å². The smallest absolute Gasteiger partial charge is 0.406 e. The number of hydrogen-bond donors (Lipinski definition) is 0. The van der Waals surface area contributed by atoms with Crippen molar-refractivity contribution in [1.82, 2.24) is 14.5 Å². The van der Waals surface area contributed by atoms with E-state index in [4.69, 9.17) is 5.26 Å². The number of alkyl halides is 3. The van der Waals surface area contributed by atoms with E-state index in [0.29, 0.717) is 30.9 Å². The Labute approximate surface area is 220 Å². The molecule has 0 radical (unpaired) electrons.